The Balaban J connectivity index is 2.52. The molecule has 0 radical (unpaired) electrons. The Kier molecular flexibility index (Phi) is 4.37. The van der Waals surface area contributed by atoms with Crippen LogP contribution >= 0.6 is 0 Å². The molecule has 2 aromatic rings. The Bertz CT molecular complexity index is 652. The number of aromatic nitrogens is 2. The Morgan fingerprint density at radius 3 is 2.60 bits per heavy atom. The molecule has 0 bridgehead atoms. The van der Waals surface area contributed by atoms with Crippen LogP contribution in [-0.2, 0) is 11.3 Å². The Labute approximate surface area is 116 Å². The topological polar surface area (TPSA) is 73.4 Å². The highest BCUT2D eigenvalue weighted by atomic mass is 16.5. The number of hydrogen-bond donors (Lipinski definition) is 1. The monoisotopic (exact) mass is 276 g/mol. The number of rotatable bonds is 5. The largest absolute Gasteiger partial charge is 0.497 e. The van der Waals surface area contributed by atoms with E-state index >= 15 is 0 Å². The van der Waals surface area contributed by atoms with Gasteiger partial charge in [0, 0.05) is 19.2 Å². The fraction of sp³-hybridized carbons (Fsp3) is 0.286. The molecule has 1 N–H and O–H groups in total. The van der Waals surface area contributed by atoms with E-state index in [-0.39, 0.29) is 12.2 Å². The van der Waals surface area contributed by atoms with E-state index < -0.39 is 0 Å². The Morgan fingerprint density at radius 2 is 1.95 bits per heavy atom. The van der Waals surface area contributed by atoms with E-state index in [0.717, 1.165) is 0 Å². The van der Waals surface area contributed by atoms with Crippen LogP contribution < -0.4 is 15.0 Å². The van der Waals surface area contributed by atoms with Crippen LogP contribution in [-0.4, -0.2) is 31.3 Å². The van der Waals surface area contributed by atoms with Crippen LogP contribution in [0.3, 0.4) is 0 Å². The molecule has 0 aliphatic carbocycles. The molecular formula is C14H16N2O4. The van der Waals surface area contributed by atoms with Crippen molar-refractivity contribution < 1.29 is 14.2 Å². The van der Waals surface area contributed by atoms with E-state index in [0.29, 0.717) is 28.6 Å². The van der Waals surface area contributed by atoms with Gasteiger partial charge in [0.1, 0.15) is 17.3 Å². The van der Waals surface area contributed by atoms with Gasteiger partial charge in [-0.3, -0.25) is 4.79 Å². The van der Waals surface area contributed by atoms with Crippen LogP contribution in [0.15, 0.2) is 29.1 Å². The third-order valence-corrected chi connectivity index (χ3v) is 2.75. The number of hydrogen-bond acceptors (Lipinski definition) is 5. The van der Waals surface area contributed by atoms with Crippen LogP contribution in [0, 0.1) is 0 Å². The molecule has 6 nitrogen and oxygen atoms in total. The van der Waals surface area contributed by atoms with E-state index in [1.165, 1.54) is 6.07 Å². The predicted octanol–water partition coefficient (Wildman–Crippen LogP) is 1.60. The first-order valence-corrected chi connectivity index (χ1v) is 5.99. The molecule has 20 heavy (non-hydrogen) atoms. The zero-order chi connectivity index (χ0) is 14.5. The first-order valence-electron chi connectivity index (χ1n) is 5.99. The number of benzene rings is 1. The molecule has 1 heterocycles. The van der Waals surface area contributed by atoms with Gasteiger partial charge in [-0.15, -0.1) is 0 Å². The van der Waals surface area contributed by atoms with Crippen molar-refractivity contribution in [2.45, 2.75) is 6.61 Å². The second-order valence-corrected chi connectivity index (χ2v) is 4.08. The van der Waals surface area contributed by atoms with Crippen molar-refractivity contribution in [3.63, 3.8) is 0 Å². The molecule has 2 rings (SSSR count). The summed E-state index contributed by atoms with van der Waals surface area (Å²) in [5.41, 5.74) is 1.01. The van der Waals surface area contributed by atoms with E-state index in [1.54, 1.807) is 39.5 Å². The fourth-order valence-corrected chi connectivity index (χ4v) is 1.85. The zero-order valence-electron chi connectivity index (χ0n) is 11.6. The normalized spacial score (nSPS) is 10.3. The maximum Gasteiger partial charge on any atom is 0.251 e. The van der Waals surface area contributed by atoms with Gasteiger partial charge >= 0.3 is 0 Å². The zero-order valence-corrected chi connectivity index (χ0v) is 11.6. The molecule has 0 amide bonds. The third kappa shape index (κ3) is 2.97. The Hall–Kier alpha value is -2.34. The molecular weight excluding hydrogens is 260 g/mol. The number of methoxy groups -OCH3 is 3. The molecule has 0 fully saturated rings. The van der Waals surface area contributed by atoms with Crippen LogP contribution in [0.2, 0.25) is 0 Å². The van der Waals surface area contributed by atoms with E-state index in [4.69, 9.17) is 14.2 Å². The highest BCUT2D eigenvalue weighted by Crippen LogP contribution is 2.30. The smallest absolute Gasteiger partial charge is 0.251 e. The third-order valence-electron chi connectivity index (χ3n) is 2.75. The summed E-state index contributed by atoms with van der Waals surface area (Å²) in [5.74, 6) is 1.67. The van der Waals surface area contributed by atoms with Crippen molar-refractivity contribution in [1.29, 1.82) is 0 Å². The van der Waals surface area contributed by atoms with Crippen molar-refractivity contribution in [3.05, 3.63) is 40.3 Å². The summed E-state index contributed by atoms with van der Waals surface area (Å²) in [6, 6.07) is 6.70. The minimum absolute atomic E-state index is 0.236. The molecule has 0 aliphatic heterocycles. The van der Waals surface area contributed by atoms with Gasteiger partial charge in [-0.05, 0) is 12.1 Å². The van der Waals surface area contributed by atoms with Crippen molar-refractivity contribution in [1.82, 2.24) is 9.97 Å². The van der Waals surface area contributed by atoms with Crippen molar-refractivity contribution in [2.24, 2.45) is 0 Å². The summed E-state index contributed by atoms with van der Waals surface area (Å²) in [7, 11) is 4.68. The SMILES string of the molecule is COCc1cc(=O)[nH]c(-c2ccc(OC)cc2OC)n1. The first-order chi connectivity index (χ1) is 9.67. The fourth-order valence-electron chi connectivity index (χ4n) is 1.85. The van der Waals surface area contributed by atoms with E-state index in [1.807, 2.05) is 0 Å². The second-order valence-electron chi connectivity index (χ2n) is 4.08. The maximum absolute atomic E-state index is 11.7. The van der Waals surface area contributed by atoms with Crippen LogP contribution in [0.1, 0.15) is 5.69 Å². The minimum Gasteiger partial charge on any atom is -0.497 e. The van der Waals surface area contributed by atoms with Crippen molar-refractivity contribution in [3.8, 4) is 22.9 Å². The van der Waals surface area contributed by atoms with Gasteiger partial charge in [-0.2, -0.15) is 0 Å². The van der Waals surface area contributed by atoms with Crippen LogP contribution in [0.5, 0.6) is 11.5 Å². The predicted molar refractivity (Wildman–Crippen MR) is 74.1 cm³/mol. The van der Waals surface area contributed by atoms with Gasteiger partial charge in [-0.25, -0.2) is 4.98 Å². The van der Waals surface area contributed by atoms with E-state index in [9.17, 15) is 4.79 Å². The highest BCUT2D eigenvalue weighted by molar-refractivity contribution is 5.65. The number of H-pyrrole nitrogens is 1. The average Bonchev–Trinajstić information content (AvgIpc) is 2.46. The van der Waals surface area contributed by atoms with Gasteiger partial charge in [-0.1, -0.05) is 0 Å². The molecule has 0 saturated carbocycles. The first kappa shape index (κ1) is 14.1. The van der Waals surface area contributed by atoms with Gasteiger partial charge in [0.2, 0.25) is 0 Å². The van der Waals surface area contributed by atoms with Gasteiger partial charge in [0.15, 0.2) is 0 Å². The summed E-state index contributed by atoms with van der Waals surface area (Å²) < 4.78 is 15.5. The van der Waals surface area contributed by atoms with Crippen LogP contribution in [0.25, 0.3) is 11.4 Å². The van der Waals surface area contributed by atoms with Crippen LogP contribution in [0.4, 0.5) is 0 Å². The lowest BCUT2D eigenvalue weighted by atomic mass is 10.1. The number of nitrogens with one attached hydrogen (secondary N) is 1. The average molecular weight is 276 g/mol. The standard InChI is InChI=1S/C14H16N2O4/c1-18-8-9-6-13(17)16-14(15-9)11-5-4-10(19-2)7-12(11)20-3/h4-7H,8H2,1-3H3,(H,15,16,17). The van der Waals surface area contributed by atoms with Crippen molar-refractivity contribution in [2.75, 3.05) is 21.3 Å². The number of ether oxygens (including phenoxy) is 3. The summed E-state index contributed by atoms with van der Waals surface area (Å²) in [6.45, 7) is 0.273. The highest BCUT2D eigenvalue weighted by Gasteiger charge is 2.11. The molecule has 1 aromatic heterocycles. The quantitative estimate of drug-likeness (QED) is 0.898. The lowest BCUT2D eigenvalue weighted by Gasteiger charge is -2.10. The van der Waals surface area contributed by atoms with E-state index in [2.05, 4.69) is 9.97 Å². The summed E-state index contributed by atoms with van der Waals surface area (Å²) in [4.78, 5) is 18.7. The number of aromatic amines is 1. The molecule has 0 atom stereocenters. The summed E-state index contributed by atoms with van der Waals surface area (Å²) in [6.07, 6.45) is 0. The molecule has 6 heteroatoms. The van der Waals surface area contributed by atoms with Gasteiger partial charge in [0.25, 0.3) is 5.56 Å². The summed E-state index contributed by atoms with van der Waals surface area (Å²) >= 11 is 0. The van der Waals surface area contributed by atoms with Crippen molar-refractivity contribution >= 4 is 0 Å². The molecule has 1 aromatic carbocycles. The number of nitrogens with zero attached hydrogens (tertiary/aromatic N) is 1. The molecule has 106 valence electrons. The van der Waals surface area contributed by atoms with Gasteiger partial charge in [0.05, 0.1) is 32.1 Å². The Morgan fingerprint density at radius 1 is 1.15 bits per heavy atom. The summed E-state index contributed by atoms with van der Waals surface area (Å²) in [5, 5.41) is 0. The molecule has 0 saturated heterocycles. The lowest BCUT2D eigenvalue weighted by Crippen LogP contribution is -2.11. The molecule has 0 unspecified atom stereocenters. The lowest BCUT2D eigenvalue weighted by molar-refractivity contribution is 0.181. The maximum atomic E-state index is 11.7. The minimum atomic E-state index is -0.236. The second kappa shape index (κ2) is 6.21. The molecule has 0 spiro atoms. The molecule has 0 aliphatic rings. The van der Waals surface area contributed by atoms with Gasteiger partial charge < -0.3 is 19.2 Å².